The van der Waals surface area contributed by atoms with E-state index in [4.69, 9.17) is 0 Å². The number of methoxy groups -OCH3 is 1. The highest BCUT2D eigenvalue weighted by atomic mass is 32.1. The molecule has 1 rings (SSSR count). The maximum atomic E-state index is 10.8. The largest absolute Gasteiger partial charge is 0.375 e. The first-order chi connectivity index (χ1) is 6.33. The second-order valence-electron chi connectivity index (χ2n) is 2.24. The van der Waals surface area contributed by atoms with Crippen LogP contribution in [0.1, 0.15) is 4.88 Å². The van der Waals surface area contributed by atoms with Gasteiger partial charge in [-0.25, -0.2) is 5.43 Å². The summed E-state index contributed by atoms with van der Waals surface area (Å²) < 4.78 is 4.61. The Morgan fingerprint density at radius 3 is 3.31 bits per heavy atom. The quantitative estimate of drug-likeness (QED) is 0.576. The van der Waals surface area contributed by atoms with Crippen molar-refractivity contribution >= 4 is 23.5 Å². The maximum Gasteiger partial charge on any atom is 0.266 e. The molecule has 0 unspecified atom stereocenters. The molecule has 4 nitrogen and oxygen atoms in total. The first kappa shape index (κ1) is 9.88. The molecule has 1 N–H and O–H groups in total. The van der Waals surface area contributed by atoms with Crippen LogP contribution in [0.2, 0.25) is 0 Å². The van der Waals surface area contributed by atoms with Crippen LogP contribution in [0, 0.1) is 0 Å². The van der Waals surface area contributed by atoms with Gasteiger partial charge in [0.15, 0.2) is 0 Å². The van der Waals surface area contributed by atoms with Crippen molar-refractivity contribution < 1.29 is 9.53 Å². The van der Waals surface area contributed by atoms with Gasteiger partial charge in [0.2, 0.25) is 0 Å². The van der Waals surface area contributed by atoms with Crippen molar-refractivity contribution in [3.05, 3.63) is 22.4 Å². The number of nitrogens with one attached hydrogen (secondary N) is 1. The van der Waals surface area contributed by atoms with E-state index in [0.29, 0.717) is 0 Å². The molecule has 1 heterocycles. The predicted molar refractivity (Wildman–Crippen MR) is 51.9 cm³/mol. The summed E-state index contributed by atoms with van der Waals surface area (Å²) in [7, 11) is 1.46. The highest BCUT2D eigenvalue weighted by Gasteiger charge is 1.95. The highest BCUT2D eigenvalue weighted by Crippen LogP contribution is 2.03. The Morgan fingerprint density at radius 1 is 1.85 bits per heavy atom. The van der Waals surface area contributed by atoms with Crippen LogP contribution >= 0.6 is 11.3 Å². The van der Waals surface area contributed by atoms with Crippen molar-refractivity contribution in [2.75, 3.05) is 13.7 Å². The van der Waals surface area contributed by atoms with Gasteiger partial charge in [0.1, 0.15) is 6.61 Å². The van der Waals surface area contributed by atoms with E-state index in [1.54, 1.807) is 17.6 Å². The molecule has 0 bridgehead atoms. The van der Waals surface area contributed by atoms with E-state index in [0.717, 1.165) is 4.88 Å². The molecule has 0 radical (unpaired) electrons. The van der Waals surface area contributed by atoms with Crippen molar-refractivity contribution in [2.45, 2.75) is 0 Å². The average molecular weight is 198 g/mol. The van der Waals surface area contributed by atoms with E-state index in [-0.39, 0.29) is 12.5 Å². The van der Waals surface area contributed by atoms with Crippen LogP contribution < -0.4 is 5.43 Å². The van der Waals surface area contributed by atoms with Gasteiger partial charge in [-0.1, -0.05) is 6.07 Å². The molecule has 0 aliphatic carbocycles. The third-order valence-corrected chi connectivity index (χ3v) is 2.01. The van der Waals surface area contributed by atoms with Crippen molar-refractivity contribution in [1.82, 2.24) is 5.43 Å². The van der Waals surface area contributed by atoms with Gasteiger partial charge in [-0.3, -0.25) is 4.79 Å². The van der Waals surface area contributed by atoms with E-state index in [1.807, 2.05) is 17.5 Å². The lowest BCUT2D eigenvalue weighted by Crippen LogP contribution is -2.22. The Morgan fingerprint density at radius 2 is 2.69 bits per heavy atom. The number of nitrogens with zero attached hydrogens (tertiary/aromatic N) is 1. The molecule has 0 saturated carbocycles. The molecule has 70 valence electrons. The first-order valence-corrected chi connectivity index (χ1v) is 4.55. The molecule has 1 amide bonds. The van der Waals surface area contributed by atoms with Gasteiger partial charge >= 0.3 is 0 Å². The highest BCUT2D eigenvalue weighted by molar-refractivity contribution is 7.11. The summed E-state index contributed by atoms with van der Waals surface area (Å²) in [6, 6.07) is 3.83. The van der Waals surface area contributed by atoms with Gasteiger partial charge in [0, 0.05) is 12.0 Å². The Kier molecular flexibility index (Phi) is 4.14. The van der Waals surface area contributed by atoms with Crippen molar-refractivity contribution in [2.24, 2.45) is 5.10 Å². The Labute approximate surface area is 80.2 Å². The Bertz CT molecular complexity index is 282. The second-order valence-corrected chi connectivity index (χ2v) is 3.22. The SMILES string of the molecule is COCC(=O)NN=Cc1cccs1. The number of thiophene rings is 1. The summed E-state index contributed by atoms with van der Waals surface area (Å²) in [5.41, 5.74) is 2.33. The zero-order valence-corrected chi connectivity index (χ0v) is 8.00. The van der Waals surface area contributed by atoms with Gasteiger partial charge in [0.25, 0.3) is 5.91 Å². The predicted octanol–water partition coefficient (Wildman–Crippen LogP) is 0.845. The fourth-order valence-electron chi connectivity index (χ4n) is 0.696. The number of hydrazone groups is 1. The fraction of sp³-hybridized carbons (Fsp3) is 0.250. The fourth-order valence-corrected chi connectivity index (χ4v) is 1.28. The molecule has 13 heavy (non-hydrogen) atoms. The van der Waals surface area contributed by atoms with Crippen LogP contribution in [0.4, 0.5) is 0 Å². The lowest BCUT2D eigenvalue weighted by atomic mass is 10.5. The minimum Gasteiger partial charge on any atom is -0.375 e. The van der Waals surface area contributed by atoms with Crippen molar-refractivity contribution in [3.63, 3.8) is 0 Å². The molecular formula is C8H10N2O2S. The van der Waals surface area contributed by atoms with Crippen molar-refractivity contribution in [1.29, 1.82) is 0 Å². The molecule has 0 saturated heterocycles. The second kappa shape index (κ2) is 5.45. The number of hydrogen-bond acceptors (Lipinski definition) is 4. The van der Waals surface area contributed by atoms with Crippen LogP contribution in [-0.2, 0) is 9.53 Å². The molecule has 1 aromatic heterocycles. The van der Waals surface area contributed by atoms with Crippen LogP contribution in [0.3, 0.4) is 0 Å². The molecule has 0 aliphatic rings. The summed E-state index contributed by atoms with van der Waals surface area (Å²) >= 11 is 1.56. The van der Waals surface area contributed by atoms with Crippen molar-refractivity contribution in [3.8, 4) is 0 Å². The first-order valence-electron chi connectivity index (χ1n) is 3.67. The lowest BCUT2D eigenvalue weighted by molar-refractivity contribution is -0.124. The zero-order valence-electron chi connectivity index (χ0n) is 7.19. The molecule has 0 aliphatic heterocycles. The summed E-state index contributed by atoms with van der Waals surface area (Å²) in [6.07, 6.45) is 1.60. The summed E-state index contributed by atoms with van der Waals surface area (Å²) in [4.78, 5) is 11.8. The van der Waals surface area contributed by atoms with Gasteiger partial charge in [-0.2, -0.15) is 5.10 Å². The number of carbonyl (C=O) groups is 1. The molecular weight excluding hydrogens is 188 g/mol. The van der Waals surface area contributed by atoms with Crippen LogP contribution in [0.25, 0.3) is 0 Å². The molecule has 0 spiro atoms. The van der Waals surface area contributed by atoms with Crippen LogP contribution in [-0.4, -0.2) is 25.8 Å². The Balaban J connectivity index is 2.30. The molecule has 0 fully saturated rings. The Hall–Kier alpha value is -1.20. The normalized spacial score (nSPS) is 10.5. The van der Waals surface area contributed by atoms with Gasteiger partial charge < -0.3 is 4.74 Å². The topological polar surface area (TPSA) is 50.7 Å². The third-order valence-electron chi connectivity index (χ3n) is 1.20. The van der Waals surface area contributed by atoms with E-state index >= 15 is 0 Å². The van der Waals surface area contributed by atoms with E-state index in [9.17, 15) is 4.79 Å². The third kappa shape index (κ3) is 3.82. The minimum absolute atomic E-state index is 0.0295. The standard InChI is InChI=1S/C8H10N2O2S/c1-12-6-8(11)10-9-5-7-3-2-4-13-7/h2-5H,6H2,1H3,(H,10,11). The minimum atomic E-state index is -0.254. The summed E-state index contributed by atoms with van der Waals surface area (Å²) in [5, 5.41) is 5.68. The average Bonchev–Trinajstić information content (AvgIpc) is 2.57. The number of ether oxygens (including phenoxy) is 1. The van der Waals surface area contributed by atoms with Gasteiger partial charge in [-0.05, 0) is 11.4 Å². The molecule has 0 aromatic carbocycles. The molecule has 1 aromatic rings. The van der Waals surface area contributed by atoms with Gasteiger partial charge in [-0.15, -0.1) is 11.3 Å². The summed E-state index contributed by atoms with van der Waals surface area (Å²) in [6.45, 7) is 0.0295. The van der Waals surface area contributed by atoms with Crippen LogP contribution in [0.5, 0.6) is 0 Å². The number of carbonyl (C=O) groups excluding carboxylic acids is 1. The van der Waals surface area contributed by atoms with Crippen LogP contribution in [0.15, 0.2) is 22.6 Å². The van der Waals surface area contributed by atoms with E-state index in [2.05, 4.69) is 15.3 Å². The lowest BCUT2D eigenvalue weighted by Gasteiger charge is -1.95. The number of rotatable bonds is 4. The number of hydrogen-bond donors (Lipinski definition) is 1. The van der Waals surface area contributed by atoms with E-state index < -0.39 is 0 Å². The summed E-state index contributed by atoms with van der Waals surface area (Å²) in [5.74, 6) is -0.254. The molecule has 0 atom stereocenters. The maximum absolute atomic E-state index is 10.8. The van der Waals surface area contributed by atoms with Gasteiger partial charge in [0.05, 0.1) is 6.21 Å². The zero-order chi connectivity index (χ0) is 9.52. The molecule has 5 heteroatoms. The smallest absolute Gasteiger partial charge is 0.266 e. The monoisotopic (exact) mass is 198 g/mol. The number of amides is 1. The van der Waals surface area contributed by atoms with E-state index in [1.165, 1.54) is 7.11 Å².